The highest BCUT2D eigenvalue weighted by Crippen LogP contribution is 2.38. The molecule has 1 aromatic carbocycles. The molecule has 0 unspecified atom stereocenters. The summed E-state index contributed by atoms with van der Waals surface area (Å²) >= 11 is 0. The van der Waals surface area contributed by atoms with E-state index in [0.29, 0.717) is 24.8 Å². The number of hydrogen-bond acceptors (Lipinski definition) is 2. The van der Waals surface area contributed by atoms with Crippen molar-refractivity contribution in [3.05, 3.63) is 29.7 Å². The number of nitrogens with zero attached hydrogens (tertiary/aromatic N) is 1. The van der Waals surface area contributed by atoms with Crippen LogP contribution in [0.15, 0.2) is 18.3 Å². The lowest BCUT2D eigenvalue weighted by Crippen LogP contribution is -2.23. The van der Waals surface area contributed by atoms with Gasteiger partial charge in [-0.2, -0.15) is 13.2 Å². The molecule has 132 valence electrons. The molecule has 0 aliphatic heterocycles. The number of ether oxygens (including phenoxy) is 1. The van der Waals surface area contributed by atoms with Crippen LogP contribution in [-0.4, -0.2) is 22.9 Å². The van der Waals surface area contributed by atoms with Crippen LogP contribution in [0.4, 0.5) is 30.7 Å². The summed E-state index contributed by atoms with van der Waals surface area (Å²) in [4.78, 5) is 11.5. The Bertz CT molecular complexity index is 774. The molecular formula is C14H10F7NO2. The second-order valence-electron chi connectivity index (χ2n) is 4.88. The molecule has 0 aliphatic carbocycles. The smallest absolute Gasteiger partial charge is 0.405 e. The average Bonchev–Trinajstić information content (AvgIpc) is 2.79. The van der Waals surface area contributed by atoms with Crippen LogP contribution in [0.3, 0.4) is 0 Å². The minimum Gasteiger partial charge on any atom is -0.405 e. The van der Waals surface area contributed by atoms with E-state index in [9.17, 15) is 35.5 Å². The van der Waals surface area contributed by atoms with E-state index in [0.717, 1.165) is 4.57 Å². The number of ketones is 1. The molecule has 0 saturated heterocycles. The van der Waals surface area contributed by atoms with E-state index in [-0.39, 0.29) is 6.54 Å². The van der Waals surface area contributed by atoms with Gasteiger partial charge in [-0.1, -0.05) is 6.92 Å². The zero-order chi connectivity index (χ0) is 18.3. The fraction of sp³-hybridized carbons (Fsp3) is 0.357. The van der Waals surface area contributed by atoms with Crippen molar-refractivity contribution < 1.29 is 40.3 Å². The molecule has 1 heterocycles. The number of hydrogen-bond donors (Lipinski definition) is 0. The Labute approximate surface area is 130 Å². The number of aromatic nitrogens is 1. The summed E-state index contributed by atoms with van der Waals surface area (Å²) in [6.45, 7) is 1.64. The minimum absolute atomic E-state index is 0.00796. The van der Waals surface area contributed by atoms with Gasteiger partial charge in [0.05, 0.1) is 16.5 Å². The van der Waals surface area contributed by atoms with Crippen molar-refractivity contribution in [1.82, 2.24) is 4.57 Å². The molecule has 24 heavy (non-hydrogen) atoms. The summed E-state index contributed by atoms with van der Waals surface area (Å²) in [6, 6.07) is 1.17. The third-order valence-electron chi connectivity index (χ3n) is 3.12. The van der Waals surface area contributed by atoms with Gasteiger partial charge < -0.3 is 9.30 Å². The Hall–Kier alpha value is -2.26. The Morgan fingerprint density at radius 2 is 1.79 bits per heavy atom. The number of fused-ring (bicyclic) bond motifs is 1. The molecule has 2 aromatic rings. The molecule has 0 N–H and O–H groups in total. The zero-order valence-corrected chi connectivity index (χ0v) is 12.1. The summed E-state index contributed by atoms with van der Waals surface area (Å²) in [5.74, 6) is -4.50. The Kier molecular flexibility index (Phi) is 4.51. The zero-order valence-electron chi connectivity index (χ0n) is 12.1. The fourth-order valence-electron chi connectivity index (χ4n) is 2.33. The molecule has 10 heteroatoms. The van der Waals surface area contributed by atoms with Crippen molar-refractivity contribution in [2.24, 2.45) is 0 Å². The minimum atomic E-state index is -5.33. The highest BCUT2D eigenvalue weighted by atomic mass is 19.4. The maximum Gasteiger partial charge on any atom is 0.573 e. The molecular weight excluding hydrogens is 347 g/mol. The second kappa shape index (κ2) is 5.99. The van der Waals surface area contributed by atoms with Gasteiger partial charge in [0, 0.05) is 12.7 Å². The molecule has 0 amide bonds. The molecule has 0 fully saturated rings. The first-order valence-electron chi connectivity index (χ1n) is 6.64. The van der Waals surface area contributed by atoms with Crippen LogP contribution in [-0.2, 0) is 6.54 Å². The monoisotopic (exact) mass is 357 g/mol. The molecule has 0 saturated carbocycles. The summed E-state index contributed by atoms with van der Waals surface area (Å²) in [5, 5.41) is -0.858. The van der Waals surface area contributed by atoms with Crippen molar-refractivity contribution in [1.29, 1.82) is 0 Å². The Balaban J connectivity index is 2.81. The van der Waals surface area contributed by atoms with Crippen LogP contribution in [0.25, 0.3) is 10.9 Å². The Morgan fingerprint density at radius 1 is 1.17 bits per heavy atom. The van der Waals surface area contributed by atoms with Crippen LogP contribution < -0.4 is 4.74 Å². The van der Waals surface area contributed by atoms with E-state index in [1.165, 1.54) is 0 Å². The maximum atomic E-state index is 14.0. The number of rotatable bonds is 4. The quantitative estimate of drug-likeness (QED) is 0.580. The summed E-state index contributed by atoms with van der Waals surface area (Å²) in [5.41, 5.74) is -1.64. The first kappa shape index (κ1) is 18.1. The van der Waals surface area contributed by atoms with E-state index >= 15 is 0 Å². The second-order valence-corrected chi connectivity index (χ2v) is 4.88. The van der Waals surface area contributed by atoms with Crippen molar-refractivity contribution >= 4 is 16.7 Å². The molecule has 2 rings (SSSR count). The van der Waals surface area contributed by atoms with Gasteiger partial charge in [-0.05, 0) is 18.6 Å². The number of aryl methyl sites for hydroxylation is 1. The fourth-order valence-corrected chi connectivity index (χ4v) is 2.33. The standard InChI is InChI=1S/C14H10F7NO2/c1-2-5-22-6-7(12(23)13(16,17)18)10-9(24-14(19,20)21)4-3-8(15)11(10)22/h3-4,6H,2,5H2,1H3. The molecule has 0 aliphatic rings. The van der Waals surface area contributed by atoms with Crippen molar-refractivity contribution in [3.8, 4) is 5.75 Å². The normalized spacial score (nSPS) is 12.7. The van der Waals surface area contributed by atoms with Gasteiger partial charge in [0.2, 0.25) is 0 Å². The van der Waals surface area contributed by atoms with Gasteiger partial charge >= 0.3 is 12.5 Å². The molecule has 0 atom stereocenters. The number of Topliss-reactive ketones (excluding diaryl/α,β-unsaturated/α-hetero) is 1. The number of carbonyl (C=O) groups is 1. The van der Waals surface area contributed by atoms with E-state index in [1.807, 2.05) is 0 Å². The van der Waals surface area contributed by atoms with Crippen LogP contribution in [0.1, 0.15) is 23.7 Å². The van der Waals surface area contributed by atoms with Crippen molar-refractivity contribution in [2.75, 3.05) is 0 Å². The Morgan fingerprint density at radius 3 is 2.29 bits per heavy atom. The average molecular weight is 357 g/mol. The lowest BCUT2D eigenvalue weighted by atomic mass is 10.1. The molecule has 0 radical (unpaired) electrons. The lowest BCUT2D eigenvalue weighted by molar-refractivity contribution is -0.274. The number of alkyl halides is 6. The summed E-state index contributed by atoms with van der Waals surface area (Å²) in [6.07, 6.45) is -9.49. The van der Waals surface area contributed by atoms with Gasteiger partial charge in [0.25, 0.3) is 5.78 Å². The van der Waals surface area contributed by atoms with Crippen LogP contribution in [0.2, 0.25) is 0 Å². The van der Waals surface area contributed by atoms with E-state index in [2.05, 4.69) is 4.74 Å². The van der Waals surface area contributed by atoms with Gasteiger partial charge in [0.15, 0.2) is 0 Å². The molecule has 3 nitrogen and oxygen atoms in total. The van der Waals surface area contributed by atoms with Gasteiger partial charge in [0.1, 0.15) is 11.6 Å². The van der Waals surface area contributed by atoms with Crippen LogP contribution in [0, 0.1) is 5.82 Å². The molecule has 0 spiro atoms. The van der Waals surface area contributed by atoms with E-state index in [4.69, 9.17) is 0 Å². The third kappa shape index (κ3) is 3.46. The lowest BCUT2D eigenvalue weighted by Gasteiger charge is -2.12. The van der Waals surface area contributed by atoms with Gasteiger partial charge in [-0.25, -0.2) is 4.39 Å². The van der Waals surface area contributed by atoms with Crippen LogP contribution in [0.5, 0.6) is 5.75 Å². The predicted octanol–water partition coefficient (Wildman–Crippen LogP) is 4.83. The van der Waals surface area contributed by atoms with Crippen molar-refractivity contribution in [3.63, 3.8) is 0 Å². The number of carbonyl (C=O) groups excluding carboxylic acids is 1. The summed E-state index contributed by atoms with van der Waals surface area (Å²) < 4.78 is 94.2. The third-order valence-corrected chi connectivity index (χ3v) is 3.12. The van der Waals surface area contributed by atoms with Crippen LogP contribution >= 0.6 is 0 Å². The van der Waals surface area contributed by atoms with Gasteiger partial charge in [-0.15, -0.1) is 13.2 Å². The number of halogens is 7. The predicted molar refractivity (Wildman–Crippen MR) is 69.3 cm³/mol. The summed E-state index contributed by atoms with van der Waals surface area (Å²) in [7, 11) is 0. The topological polar surface area (TPSA) is 31.2 Å². The highest BCUT2D eigenvalue weighted by molar-refractivity contribution is 6.12. The largest absolute Gasteiger partial charge is 0.573 e. The van der Waals surface area contributed by atoms with Crippen molar-refractivity contribution in [2.45, 2.75) is 32.4 Å². The maximum absolute atomic E-state index is 14.0. The first-order chi connectivity index (χ1) is 11.0. The van der Waals surface area contributed by atoms with E-state index < -0.39 is 46.4 Å². The molecule has 0 bridgehead atoms. The van der Waals surface area contributed by atoms with E-state index in [1.54, 1.807) is 6.92 Å². The SMILES string of the molecule is CCCn1cc(C(=O)C(F)(F)F)c2c(OC(F)(F)F)ccc(F)c21. The van der Waals surface area contributed by atoms with Gasteiger partial charge in [-0.3, -0.25) is 4.79 Å². The number of benzene rings is 1. The molecule has 1 aromatic heterocycles. The highest BCUT2D eigenvalue weighted by Gasteiger charge is 2.42. The first-order valence-corrected chi connectivity index (χ1v) is 6.64.